The summed E-state index contributed by atoms with van der Waals surface area (Å²) in [7, 11) is 0. The van der Waals surface area contributed by atoms with E-state index in [0.29, 0.717) is 15.6 Å². The number of hydrogen-bond donors (Lipinski definition) is 0. The molecule has 0 N–H and O–H groups in total. The lowest BCUT2D eigenvalue weighted by molar-refractivity contribution is -0.154. The Morgan fingerprint density at radius 1 is 0.805 bits per heavy atom. The van der Waals surface area contributed by atoms with E-state index < -0.39 is 34.7 Å². The molecule has 0 aliphatic heterocycles. The molecular formula is C31H17Cl2F3O5. The molecule has 5 aromatic rings. The van der Waals surface area contributed by atoms with Gasteiger partial charge in [-0.2, -0.15) is 13.2 Å². The van der Waals surface area contributed by atoms with Gasteiger partial charge in [0, 0.05) is 12.1 Å². The summed E-state index contributed by atoms with van der Waals surface area (Å²) in [5.74, 6) is -3.58. The maximum atomic E-state index is 13.9. The number of fused-ring (bicyclic) bond motifs is 1. The Kier molecular flexibility index (Phi) is 7.88. The Morgan fingerprint density at radius 2 is 1.49 bits per heavy atom. The fraction of sp³-hybridized carbons (Fsp3) is 0.0323. The maximum Gasteiger partial charge on any atom is 0.453 e. The second-order valence-electron chi connectivity index (χ2n) is 8.67. The van der Waals surface area contributed by atoms with E-state index in [2.05, 4.69) is 0 Å². The zero-order chi connectivity index (χ0) is 29.1. The monoisotopic (exact) mass is 596 g/mol. The van der Waals surface area contributed by atoms with Crippen LogP contribution in [-0.2, 0) is 11.0 Å². The first kappa shape index (κ1) is 28.0. The van der Waals surface area contributed by atoms with Crippen LogP contribution >= 0.6 is 23.2 Å². The summed E-state index contributed by atoms with van der Waals surface area (Å²) in [6, 6.07) is 23.8. The van der Waals surface area contributed by atoms with Crippen molar-refractivity contribution in [2.24, 2.45) is 0 Å². The molecule has 5 nitrogen and oxygen atoms in total. The quantitative estimate of drug-likeness (QED) is 0.111. The van der Waals surface area contributed by atoms with Crippen molar-refractivity contribution in [3.63, 3.8) is 0 Å². The minimum Gasteiger partial charge on any atom is -0.449 e. The van der Waals surface area contributed by atoms with Crippen LogP contribution < -0.4 is 14.9 Å². The van der Waals surface area contributed by atoms with Gasteiger partial charge in [-0.3, -0.25) is 4.79 Å². The van der Waals surface area contributed by atoms with Crippen LogP contribution in [0.4, 0.5) is 13.2 Å². The second kappa shape index (κ2) is 11.5. The molecule has 0 saturated carbocycles. The Labute approximate surface area is 241 Å². The normalized spacial score (nSPS) is 11.6. The Morgan fingerprint density at radius 3 is 2.17 bits per heavy atom. The molecular weight excluding hydrogens is 580 g/mol. The van der Waals surface area contributed by atoms with Crippen molar-refractivity contribution < 1.29 is 31.9 Å². The SMILES string of the molecule is O=C(C=Cc1ccc(Cl)c(Cl)c1)Oc1ccc2c(=O)c(Oc3ccc(-c4ccccc4)cc3)c(C(F)(F)F)oc2c1. The smallest absolute Gasteiger partial charge is 0.449 e. The molecule has 0 atom stereocenters. The Hall–Kier alpha value is -4.53. The molecule has 41 heavy (non-hydrogen) atoms. The lowest BCUT2D eigenvalue weighted by Gasteiger charge is -2.14. The molecule has 0 spiro atoms. The van der Waals surface area contributed by atoms with Crippen molar-refractivity contribution >= 4 is 46.2 Å². The van der Waals surface area contributed by atoms with Gasteiger partial charge in [-0.15, -0.1) is 0 Å². The van der Waals surface area contributed by atoms with E-state index in [1.807, 2.05) is 30.3 Å². The molecule has 0 saturated heterocycles. The van der Waals surface area contributed by atoms with Crippen LogP contribution in [0.2, 0.25) is 10.0 Å². The minimum atomic E-state index is -5.05. The number of rotatable bonds is 6. The van der Waals surface area contributed by atoms with Crippen LogP contribution in [-0.4, -0.2) is 5.97 Å². The first-order valence-electron chi connectivity index (χ1n) is 11.9. The van der Waals surface area contributed by atoms with Crippen LogP contribution in [0.3, 0.4) is 0 Å². The molecule has 0 aliphatic rings. The van der Waals surface area contributed by atoms with Crippen LogP contribution in [0.25, 0.3) is 28.2 Å². The third kappa shape index (κ3) is 6.45. The van der Waals surface area contributed by atoms with E-state index in [4.69, 9.17) is 37.1 Å². The van der Waals surface area contributed by atoms with Gasteiger partial charge in [-0.1, -0.05) is 71.7 Å². The average Bonchev–Trinajstić information content (AvgIpc) is 2.95. The van der Waals surface area contributed by atoms with Gasteiger partial charge in [0.25, 0.3) is 5.76 Å². The molecule has 10 heteroatoms. The molecule has 206 valence electrons. The fourth-order valence-corrected chi connectivity index (χ4v) is 4.20. The summed E-state index contributed by atoms with van der Waals surface area (Å²) in [5, 5.41) is 0.441. The number of halogens is 5. The standard InChI is InChI=1S/C31H17Cl2F3O5/c32-24-14-6-18(16-25(24)33)7-15-27(37)39-22-12-13-23-26(17-22)41-30(31(34,35)36)29(28(23)38)40-21-10-8-20(9-11-21)19-4-2-1-3-5-19/h1-17H. The van der Waals surface area contributed by atoms with Gasteiger partial charge in [-0.25, -0.2) is 4.79 Å². The third-order valence-corrected chi connectivity index (χ3v) is 6.57. The number of carbonyl (C=O) groups is 1. The van der Waals surface area contributed by atoms with Crippen LogP contribution in [0.15, 0.2) is 106 Å². The van der Waals surface area contributed by atoms with Crippen molar-refractivity contribution in [3.8, 4) is 28.4 Å². The van der Waals surface area contributed by atoms with Gasteiger partial charge in [-0.05, 0) is 59.2 Å². The topological polar surface area (TPSA) is 65.7 Å². The van der Waals surface area contributed by atoms with Crippen molar-refractivity contribution in [2.75, 3.05) is 0 Å². The molecule has 0 fully saturated rings. The minimum absolute atomic E-state index is 0.0149. The van der Waals surface area contributed by atoms with Crippen molar-refractivity contribution in [3.05, 3.63) is 129 Å². The van der Waals surface area contributed by atoms with E-state index >= 15 is 0 Å². The summed E-state index contributed by atoms with van der Waals surface area (Å²) < 4.78 is 57.5. The van der Waals surface area contributed by atoms with Gasteiger partial charge in [0.1, 0.15) is 17.1 Å². The highest BCUT2D eigenvalue weighted by molar-refractivity contribution is 6.42. The van der Waals surface area contributed by atoms with Crippen molar-refractivity contribution in [1.82, 2.24) is 0 Å². The van der Waals surface area contributed by atoms with Gasteiger partial charge >= 0.3 is 12.1 Å². The molecule has 0 unspecified atom stereocenters. The third-order valence-electron chi connectivity index (χ3n) is 5.83. The lowest BCUT2D eigenvalue weighted by Crippen LogP contribution is -2.15. The Balaban J connectivity index is 1.42. The highest BCUT2D eigenvalue weighted by Gasteiger charge is 2.40. The molecule has 0 radical (unpaired) electrons. The summed E-state index contributed by atoms with van der Waals surface area (Å²) >= 11 is 11.8. The summed E-state index contributed by atoms with van der Waals surface area (Å²) in [6.45, 7) is 0. The van der Waals surface area contributed by atoms with Crippen LogP contribution in [0.1, 0.15) is 11.3 Å². The average molecular weight is 597 g/mol. The molecule has 5 rings (SSSR count). The first-order chi connectivity index (χ1) is 19.6. The van der Waals surface area contributed by atoms with Gasteiger partial charge in [0.15, 0.2) is 0 Å². The number of alkyl halides is 3. The molecule has 0 amide bonds. The molecule has 1 heterocycles. The van der Waals surface area contributed by atoms with Gasteiger partial charge < -0.3 is 13.9 Å². The summed E-state index contributed by atoms with van der Waals surface area (Å²) in [4.78, 5) is 25.4. The van der Waals surface area contributed by atoms with E-state index in [1.165, 1.54) is 36.4 Å². The van der Waals surface area contributed by atoms with E-state index in [1.54, 1.807) is 24.3 Å². The van der Waals surface area contributed by atoms with Crippen LogP contribution in [0.5, 0.6) is 17.2 Å². The molecule has 0 bridgehead atoms. The zero-order valence-electron chi connectivity index (χ0n) is 20.7. The van der Waals surface area contributed by atoms with Gasteiger partial charge in [0.05, 0.1) is 15.4 Å². The van der Waals surface area contributed by atoms with Crippen LogP contribution in [0, 0.1) is 0 Å². The second-order valence-corrected chi connectivity index (χ2v) is 9.48. The number of hydrogen-bond acceptors (Lipinski definition) is 5. The predicted octanol–water partition coefficient (Wildman–Crippen LogP) is 9.20. The number of esters is 1. The summed E-state index contributed by atoms with van der Waals surface area (Å²) in [5.41, 5.74) is 0.809. The van der Waals surface area contributed by atoms with E-state index in [0.717, 1.165) is 23.3 Å². The predicted molar refractivity (Wildman–Crippen MR) is 151 cm³/mol. The summed E-state index contributed by atoms with van der Waals surface area (Å²) in [6.07, 6.45) is -2.54. The lowest BCUT2D eigenvalue weighted by atomic mass is 10.1. The van der Waals surface area contributed by atoms with E-state index in [-0.39, 0.29) is 16.9 Å². The molecule has 1 aromatic heterocycles. The maximum absolute atomic E-state index is 13.9. The van der Waals surface area contributed by atoms with Crippen molar-refractivity contribution in [1.29, 1.82) is 0 Å². The fourth-order valence-electron chi connectivity index (χ4n) is 3.89. The zero-order valence-corrected chi connectivity index (χ0v) is 22.3. The van der Waals surface area contributed by atoms with E-state index in [9.17, 15) is 22.8 Å². The highest BCUT2D eigenvalue weighted by Crippen LogP contribution is 2.39. The number of benzene rings is 4. The highest BCUT2D eigenvalue weighted by atomic mass is 35.5. The number of ether oxygens (including phenoxy) is 2. The Bertz CT molecular complexity index is 1830. The largest absolute Gasteiger partial charge is 0.453 e. The first-order valence-corrected chi connectivity index (χ1v) is 12.7. The number of carbonyl (C=O) groups excluding carboxylic acids is 1. The molecule has 0 aliphatic carbocycles. The molecule has 4 aromatic carbocycles. The van der Waals surface area contributed by atoms with Crippen molar-refractivity contribution in [2.45, 2.75) is 6.18 Å². The van der Waals surface area contributed by atoms with Gasteiger partial charge in [0.2, 0.25) is 11.2 Å².